The molecule has 0 unspecified atom stereocenters. The fourth-order valence-corrected chi connectivity index (χ4v) is 5.05. The number of nitrogens with zero attached hydrogens (tertiary/aromatic N) is 1. The van der Waals surface area contributed by atoms with Crippen molar-refractivity contribution in [3.05, 3.63) is 32.9 Å². The zero-order valence-corrected chi connectivity index (χ0v) is 22.4. The predicted octanol–water partition coefficient (Wildman–Crippen LogP) is 1.75. The van der Waals surface area contributed by atoms with E-state index >= 15 is 0 Å². The van der Waals surface area contributed by atoms with Crippen molar-refractivity contribution in [2.24, 2.45) is 5.92 Å². The maximum Gasteiger partial charge on any atom is 0.247 e. The predicted molar refractivity (Wildman–Crippen MR) is 138 cm³/mol. The average molecular weight is 602 g/mol. The lowest BCUT2D eigenvalue weighted by Crippen LogP contribution is -2.55. The van der Waals surface area contributed by atoms with E-state index in [0.717, 1.165) is 12.8 Å². The maximum atomic E-state index is 13.1. The summed E-state index contributed by atoms with van der Waals surface area (Å²) in [5.74, 6) is 0.781. The molecule has 0 spiro atoms. The van der Waals surface area contributed by atoms with Crippen LogP contribution in [-0.4, -0.2) is 77.1 Å². The van der Waals surface area contributed by atoms with Crippen molar-refractivity contribution in [1.82, 2.24) is 10.2 Å². The Hall–Kier alpha value is -1.89. The van der Waals surface area contributed by atoms with E-state index in [4.69, 9.17) is 14.6 Å². The van der Waals surface area contributed by atoms with Crippen LogP contribution in [0, 0.1) is 9.49 Å². The number of ether oxygens (including phenoxy) is 2. The van der Waals surface area contributed by atoms with Crippen LogP contribution in [0.25, 0.3) is 0 Å². The minimum atomic E-state index is -1.07. The first-order valence-corrected chi connectivity index (χ1v) is 13.1. The van der Waals surface area contributed by atoms with Gasteiger partial charge in [0.25, 0.3) is 0 Å². The van der Waals surface area contributed by atoms with Gasteiger partial charge in [-0.3, -0.25) is 9.59 Å². The average Bonchev–Trinajstić information content (AvgIpc) is 3.67. The van der Waals surface area contributed by atoms with Crippen molar-refractivity contribution in [3.8, 4) is 11.5 Å². The van der Waals surface area contributed by atoms with Crippen LogP contribution in [0.3, 0.4) is 0 Å². The summed E-state index contributed by atoms with van der Waals surface area (Å²) in [6, 6.07) is 2.79. The number of aliphatic hydroxyl groups is 3. The van der Waals surface area contributed by atoms with E-state index in [1.165, 1.54) is 7.11 Å². The molecule has 3 atom stereocenters. The van der Waals surface area contributed by atoms with Gasteiger partial charge in [0.05, 0.1) is 29.9 Å². The summed E-state index contributed by atoms with van der Waals surface area (Å²) in [6.45, 7) is 2.23. The van der Waals surface area contributed by atoms with Crippen LogP contribution in [0.1, 0.15) is 44.6 Å². The third kappa shape index (κ3) is 7.08. The second-order valence-corrected chi connectivity index (χ2v) is 10.2. The van der Waals surface area contributed by atoms with E-state index in [1.54, 1.807) is 23.1 Å². The Balaban J connectivity index is 1.96. The molecule has 0 aromatic heterocycles. The summed E-state index contributed by atoms with van der Waals surface area (Å²) in [5, 5.41) is 32.7. The molecule has 2 amide bonds. The molecule has 2 aliphatic carbocycles. The number of hydrogen-bond donors (Lipinski definition) is 4. The lowest BCUT2D eigenvalue weighted by atomic mass is 9.87. The van der Waals surface area contributed by atoms with Gasteiger partial charge >= 0.3 is 0 Å². The number of hydrogen-bond acceptors (Lipinski definition) is 7. The van der Waals surface area contributed by atoms with E-state index in [2.05, 4.69) is 27.9 Å². The van der Waals surface area contributed by atoms with E-state index < -0.39 is 18.2 Å². The Morgan fingerprint density at radius 1 is 1.26 bits per heavy atom. The summed E-state index contributed by atoms with van der Waals surface area (Å²) in [7, 11) is 1.49. The summed E-state index contributed by atoms with van der Waals surface area (Å²) < 4.78 is 12.4. The van der Waals surface area contributed by atoms with Crippen LogP contribution in [-0.2, 0) is 16.2 Å². The van der Waals surface area contributed by atoms with Gasteiger partial charge in [0.15, 0.2) is 11.5 Å². The standard InChI is InChI=1S/C25H35IN2O7/c1-3-4-22(31)28(13-15-5-6-15)19-11-17(25(33)27-7-8-29)12-20(23(19)32)35-24-18(26)9-16(14-30)10-21(24)34-2/h9-10,12,15,19-20,23,29-30,32H,3-8,11,13-14H2,1-2H3,(H,27,33)/t19-,20+,23+/m1/s1. The second-order valence-electron chi connectivity index (χ2n) is 9.02. The van der Waals surface area contributed by atoms with Gasteiger partial charge in [-0.15, -0.1) is 0 Å². The van der Waals surface area contributed by atoms with Crippen molar-refractivity contribution in [2.75, 3.05) is 26.8 Å². The van der Waals surface area contributed by atoms with Crippen molar-refractivity contribution >= 4 is 34.4 Å². The number of halogens is 1. The van der Waals surface area contributed by atoms with Crippen molar-refractivity contribution in [1.29, 1.82) is 0 Å². The lowest BCUT2D eigenvalue weighted by Gasteiger charge is -2.41. The molecule has 10 heteroatoms. The number of aliphatic hydroxyl groups excluding tert-OH is 3. The molecule has 2 aliphatic rings. The van der Waals surface area contributed by atoms with E-state index in [9.17, 15) is 19.8 Å². The Morgan fingerprint density at radius 2 is 2.00 bits per heavy atom. The van der Waals surface area contributed by atoms with Gasteiger partial charge in [0, 0.05) is 31.5 Å². The highest BCUT2D eigenvalue weighted by Gasteiger charge is 2.42. The fraction of sp³-hybridized carbons (Fsp3) is 0.600. The van der Waals surface area contributed by atoms with Crippen LogP contribution in [0.15, 0.2) is 23.8 Å². The molecule has 3 rings (SSSR count). The summed E-state index contributed by atoms with van der Waals surface area (Å²) in [6.07, 6.45) is 2.95. The number of nitrogens with one attached hydrogen (secondary N) is 1. The van der Waals surface area contributed by atoms with Gasteiger partial charge < -0.3 is 35.0 Å². The van der Waals surface area contributed by atoms with Crippen LogP contribution >= 0.6 is 22.6 Å². The molecule has 1 aromatic rings. The largest absolute Gasteiger partial charge is 0.493 e. The van der Waals surface area contributed by atoms with Gasteiger partial charge in [-0.25, -0.2) is 0 Å². The topological polar surface area (TPSA) is 129 Å². The molecule has 1 fully saturated rings. The van der Waals surface area contributed by atoms with Crippen molar-refractivity contribution in [3.63, 3.8) is 0 Å². The molecule has 1 saturated carbocycles. The van der Waals surface area contributed by atoms with Gasteiger partial charge in [-0.1, -0.05) is 6.92 Å². The Morgan fingerprint density at radius 3 is 2.60 bits per heavy atom. The molecule has 0 saturated heterocycles. The zero-order valence-electron chi connectivity index (χ0n) is 20.2. The SMILES string of the molecule is CCCC(=O)N(CC1CC1)[C@@H]1CC(C(=O)NCCO)=C[C@H](Oc2c(I)cc(CO)cc2OC)[C@H]1O. The van der Waals surface area contributed by atoms with Crippen LogP contribution in [0.5, 0.6) is 11.5 Å². The number of carbonyl (C=O) groups excluding carboxylic acids is 2. The van der Waals surface area contributed by atoms with Gasteiger partial charge in [0.1, 0.15) is 12.2 Å². The molecule has 0 heterocycles. The molecule has 0 bridgehead atoms. The highest BCUT2D eigenvalue weighted by Crippen LogP contribution is 2.38. The lowest BCUT2D eigenvalue weighted by molar-refractivity contribution is -0.139. The first-order valence-electron chi connectivity index (χ1n) is 12.0. The molecular weight excluding hydrogens is 567 g/mol. The third-order valence-corrected chi connectivity index (χ3v) is 7.08. The summed E-state index contributed by atoms with van der Waals surface area (Å²) in [5.41, 5.74) is 1.05. The number of benzene rings is 1. The fourth-order valence-electron chi connectivity index (χ4n) is 4.25. The van der Waals surface area contributed by atoms with E-state index in [0.29, 0.717) is 51.5 Å². The first kappa shape index (κ1) is 27.7. The van der Waals surface area contributed by atoms with Crippen LogP contribution < -0.4 is 14.8 Å². The minimum absolute atomic E-state index is 0.0429. The van der Waals surface area contributed by atoms with Crippen molar-refractivity contribution in [2.45, 2.75) is 63.9 Å². The van der Waals surface area contributed by atoms with Gasteiger partial charge in [0.2, 0.25) is 11.8 Å². The number of amides is 2. The molecule has 0 aliphatic heterocycles. The van der Waals surface area contributed by atoms with Crippen LogP contribution in [0.4, 0.5) is 0 Å². The van der Waals surface area contributed by atoms with Crippen molar-refractivity contribution < 1.29 is 34.4 Å². The Kier molecular flexibility index (Phi) is 10.2. The van der Waals surface area contributed by atoms with Gasteiger partial charge in [-0.05, 0) is 71.5 Å². The quantitative estimate of drug-likeness (QED) is 0.269. The Bertz CT molecular complexity index is 935. The number of carbonyl (C=O) groups is 2. The molecule has 4 N–H and O–H groups in total. The van der Waals surface area contributed by atoms with E-state index in [-0.39, 0.29) is 38.0 Å². The second kappa shape index (κ2) is 12.9. The smallest absolute Gasteiger partial charge is 0.247 e. The molecule has 9 nitrogen and oxygen atoms in total. The van der Waals surface area contributed by atoms with E-state index in [1.807, 2.05) is 6.92 Å². The summed E-state index contributed by atoms with van der Waals surface area (Å²) >= 11 is 2.07. The third-order valence-electron chi connectivity index (χ3n) is 6.28. The zero-order chi connectivity index (χ0) is 25.5. The molecule has 1 aromatic carbocycles. The molecule has 35 heavy (non-hydrogen) atoms. The minimum Gasteiger partial charge on any atom is -0.493 e. The van der Waals surface area contributed by atoms with Crippen LogP contribution in [0.2, 0.25) is 0 Å². The maximum absolute atomic E-state index is 13.1. The highest BCUT2D eigenvalue weighted by molar-refractivity contribution is 14.1. The number of methoxy groups -OCH3 is 1. The van der Waals surface area contributed by atoms with Gasteiger partial charge in [-0.2, -0.15) is 0 Å². The molecular formula is C25H35IN2O7. The molecule has 194 valence electrons. The monoisotopic (exact) mass is 602 g/mol. The first-order chi connectivity index (χ1) is 16.8. The normalized spacial score (nSPS) is 21.8. The number of rotatable bonds is 12. The highest BCUT2D eigenvalue weighted by atomic mass is 127. The molecule has 0 radical (unpaired) electrons. The Labute approximate surface area is 219 Å². The summed E-state index contributed by atoms with van der Waals surface area (Å²) in [4.78, 5) is 27.6.